The van der Waals surface area contributed by atoms with Crippen molar-refractivity contribution in [2.75, 3.05) is 22.3 Å². The van der Waals surface area contributed by atoms with Gasteiger partial charge in [0, 0.05) is 5.69 Å². The molecule has 1 saturated heterocycles. The first-order chi connectivity index (χ1) is 14.9. The maximum atomic E-state index is 13.2. The van der Waals surface area contributed by atoms with E-state index in [0.717, 1.165) is 4.90 Å². The van der Waals surface area contributed by atoms with Gasteiger partial charge in [0.25, 0.3) is 5.91 Å². The van der Waals surface area contributed by atoms with Gasteiger partial charge in [-0.05, 0) is 62.2 Å². The third kappa shape index (κ3) is 4.72. The Hall–Kier alpha value is -3.47. The number of urea groups is 1. The summed E-state index contributed by atoms with van der Waals surface area (Å²) in [6.45, 7) is 4.15. The van der Waals surface area contributed by atoms with E-state index in [1.54, 1.807) is 13.0 Å². The van der Waals surface area contributed by atoms with Crippen molar-refractivity contribution in [1.29, 1.82) is 0 Å². The van der Waals surface area contributed by atoms with Gasteiger partial charge in [-0.15, -0.1) is 0 Å². The Morgan fingerprint density at radius 3 is 2.41 bits per heavy atom. The van der Waals surface area contributed by atoms with Crippen molar-refractivity contribution in [2.45, 2.75) is 26.3 Å². The zero-order valence-electron chi connectivity index (χ0n) is 17.7. The van der Waals surface area contributed by atoms with Crippen LogP contribution in [0.15, 0.2) is 42.5 Å². The number of hydrogen-bond donors (Lipinski definition) is 3. The quantitative estimate of drug-likeness (QED) is 0.545. The fraction of sp³-hybridized carbons (Fsp3) is 0.286. The molecule has 0 spiro atoms. The number of carbonyl (C=O) groups is 3. The molecule has 0 aromatic heterocycles. The molecular weight excluding hydrogens is 439 g/mol. The maximum Gasteiger partial charge on any atom is 0.325 e. The van der Waals surface area contributed by atoms with E-state index in [-0.39, 0.29) is 5.75 Å². The number of sulfonamides is 1. The normalized spacial score (nSPS) is 18.4. The van der Waals surface area contributed by atoms with Crippen molar-refractivity contribution < 1.29 is 27.2 Å². The average molecular weight is 463 g/mol. The first-order valence-electron chi connectivity index (χ1n) is 9.76. The number of benzene rings is 2. The number of hydrogen-bond acceptors (Lipinski definition) is 5. The summed E-state index contributed by atoms with van der Waals surface area (Å²) in [7, 11) is -3.44. The van der Waals surface area contributed by atoms with Crippen LogP contribution in [0.1, 0.15) is 25.0 Å². The van der Waals surface area contributed by atoms with Gasteiger partial charge in [0.1, 0.15) is 17.9 Å². The highest BCUT2D eigenvalue weighted by molar-refractivity contribution is 7.92. The molecule has 2 aromatic rings. The zero-order valence-corrected chi connectivity index (χ0v) is 18.5. The molecule has 11 heteroatoms. The summed E-state index contributed by atoms with van der Waals surface area (Å²) in [6.07, 6.45) is 0. The van der Waals surface area contributed by atoms with Crippen LogP contribution >= 0.6 is 0 Å². The molecule has 1 atom stereocenters. The molecule has 1 aliphatic rings. The van der Waals surface area contributed by atoms with E-state index in [9.17, 15) is 27.2 Å². The lowest BCUT2D eigenvalue weighted by Gasteiger charge is -2.22. The van der Waals surface area contributed by atoms with Crippen molar-refractivity contribution in [1.82, 2.24) is 10.2 Å². The summed E-state index contributed by atoms with van der Waals surface area (Å²) in [5.74, 6) is -1.80. The van der Waals surface area contributed by atoms with Crippen LogP contribution in [0.3, 0.4) is 0 Å². The number of nitrogens with zero attached hydrogens (tertiary/aromatic N) is 1. The van der Waals surface area contributed by atoms with Crippen LogP contribution in [0.2, 0.25) is 0 Å². The van der Waals surface area contributed by atoms with Gasteiger partial charge >= 0.3 is 6.03 Å². The van der Waals surface area contributed by atoms with Crippen LogP contribution in [-0.2, 0) is 25.2 Å². The molecule has 4 amide bonds. The fourth-order valence-electron chi connectivity index (χ4n) is 3.26. The second-order valence-electron chi connectivity index (χ2n) is 7.54. The molecule has 3 N–H and O–H groups in total. The first kappa shape index (κ1) is 23.2. The van der Waals surface area contributed by atoms with Crippen molar-refractivity contribution in [2.24, 2.45) is 0 Å². The molecule has 3 rings (SSSR count). The molecule has 1 heterocycles. The Morgan fingerprint density at radius 1 is 1.16 bits per heavy atom. The van der Waals surface area contributed by atoms with Gasteiger partial charge in [-0.1, -0.05) is 12.1 Å². The fourth-order valence-corrected chi connectivity index (χ4v) is 3.97. The highest BCUT2D eigenvalue weighted by Crippen LogP contribution is 2.29. The summed E-state index contributed by atoms with van der Waals surface area (Å²) < 4.78 is 39.1. The first-order valence-corrected chi connectivity index (χ1v) is 11.4. The van der Waals surface area contributed by atoms with Crippen LogP contribution in [0, 0.1) is 12.7 Å². The molecule has 0 aliphatic carbocycles. The molecule has 170 valence electrons. The lowest BCUT2D eigenvalue weighted by atomic mass is 9.92. The van der Waals surface area contributed by atoms with Gasteiger partial charge in [-0.2, -0.15) is 0 Å². The van der Waals surface area contributed by atoms with E-state index in [1.165, 1.54) is 50.2 Å². The molecular formula is C21H23FN4O5S. The van der Waals surface area contributed by atoms with Gasteiger partial charge in [0.2, 0.25) is 15.9 Å². The van der Waals surface area contributed by atoms with E-state index in [0.29, 0.717) is 22.5 Å². The van der Waals surface area contributed by atoms with E-state index in [1.807, 2.05) is 0 Å². The predicted octanol–water partition coefficient (Wildman–Crippen LogP) is 2.30. The summed E-state index contributed by atoms with van der Waals surface area (Å²) in [6, 6.07) is 9.01. The molecule has 2 aromatic carbocycles. The maximum absolute atomic E-state index is 13.2. The molecule has 0 bridgehead atoms. The topological polar surface area (TPSA) is 125 Å². The number of amides is 4. The Labute approximate surface area is 185 Å². The third-order valence-electron chi connectivity index (χ3n) is 5.15. The average Bonchev–Trinajstić information content (AvgIpc) is 2.94. The molecule has 1 aliphatic heterocycles. The van der Waals surface area contributed by atoms with Crippen molar-refractivity contribution in [3.8, 4) is 0 Å². The van der Waals surface area contributed by atoms with E-state index < -0.39 is 45.8 Å². The van der Waals surface area contributed by atoms with Crippen molar-refractivity contribution in [3.05, 3.63) is 59.4 Å². The molecule has 32 heavy (non-hydrogen) atoms. The number of nitrogens with one attached hydrogen (secondary N) is 3. The van der Waals surface area contributed by atoms with Crippen LogP contribution in [0.25, 0.3) is 0 Å². The predicted molar refractivity (Wildman–Crippen MR) is 117 cm³/mol. The van der Waals surface area contributed by atoms with Crippen LogP contribution in [0.5, 0.6) is 0 Å². The van der Waals surface area contributed by atoms with Gasteiger partial charge in [0.05, 0.1) is 11.4 Å². The lowest BCUT2D eigenvalue weighted by molar-refractivity contribution is -0.133. The summed E-state index contributed by atoms with van der Waals surface area (Å²) in [5.41, 5.74) is 0.314. The highest BCUT2D eigenvalue weighted by Gasteiger charge is 2.49. The van der Waals surface area contributed by atoms with E-state index in [4.69, 9.17) is 0 Å². The van der Waals surface area contributed by atoms with Gasteiger partial charge < -0.3 is 10.6 Å². The Kier molecular flexibility index (Phi) is 6.22. The minimum absolute atomic E-state index is 0.0757. The minimum Gasteiger partial charge on any atom is -0.325 e. The number of imide groups is 1. The summed E-state index contributed by atoms with van der Waals surface area (Å²) in [5, 5.41) is 5.14. The SMILES string of the molecule is CCS(=O)(=O)Nc1ccc(NC(=O)CN2C(=O)NC(C)(c3ccc(F)cc3)C2=O)cc1C. The lowest BCUT2D eigenvalue weighted by Crippen LogP contribution is -2.42. The number of rotatable bonds is 7. The molecule has 0 radical (unpaired) electrons. The molecule has 1 unspecified atom stereocenters. The minimum atomic E-state index is -3.44. The standard InChI is InChI=1S/C21H23FN4O5S/c1-4-32(30,31)25-17-10-9-16(11-13(17)2)23-18(27)12-26-19(28)21(3,24-20(26)29)14-5-7-15(22)8-6-14/h5-11,25H,4,12H2,1-3H3,(H,23,27)(H,24,29). The summed E-state index contributed by atoms with van der Waals surface area (Å²) >= 11 is 0. The number of anilines is 2. The smallest absolute Gasteiger partial charge is 0.325 e. The summed E-state index contributed by atoms with van der Waals surface area (Å²) in [4.78, 5) is 38.5. The van der Waals surface area contributed by atoms with E-state index in [2.05, 4.69) is 15.4 Å². The number of halogens is 1. The number of carbonyl (C=O) groups excluding carboxylic acids is 3. The van der Waals surface area contributed by atoms with Gasteiger partial charge in [-0.25, -0.2) is 17.6 Å². The third-order valence-corrected chi connectivity index (χ3v) is 6.44. The number of aryl methyl sites for hydroxylation is 1. The van der Waals surface area contributed by atoms with Crippen LogP contribution in [-0.4, -0.2) is 43.5 Å². The van der Waals surface area contributed by atoms with Crippen molar-refractivity contribution >= 4 is 39.2 Å². The largest absolute Gasteiger partial charge is 0.325 e. The Bertz CT molecular complexity index is 1180. The zero-order chi connectivity index (χ0) is 23.7. The van der Waals surface area contributed by atoms with Crippen molar-refractivity contribution in [3.63, 3.8) is 0 Å². The van der Waals surface area contributed by atoms with Gasteiger partial charge in [0.15, 0.2) is 0 Å². The van der Waals surface area contributed by atoms with Crippen LogP contribution in [0.4, 0.5) is 20.6 Å². The van der Waals surface area contributed by atoms with Crippen LogP contribution < -0.4 is 15.4 Å². The second kappa shape index (κ2) is 8.58. The Balaban J connectivity index is 1.70. The monoisotopic (exact) mass is 462 g/mol. The highest BCUT2D eigenvalue weighted by atomic mass is 32.2. The molecule has 9 nitrogen and oxygen atoms in total. The van der Waals surface area contributed by atoms with Gasteiger partial charge in [-0.3, -0.25) is 19.2 Å². The van der Waals surface area contributed by atoms with E-state index >= 15 is 0 Å². The molecule has 0 saturated carbocycles. The molecule has 1 fully saturated rings. The Morgan fingerprint density at radius 2 is 1.81 bits per heavy atom. The second-order valence-corrected chi connectivity index (χ2v) is 9.55.